The van der Waals surface area contributed by atoms with Gasteiger partial charge in [0.25, 0.3) is 0 Å². The van der Waals surface area contributed by atoms with Crippen LogP contribution in [0.1, 0.15) is 44.0 Å². The molecule has 0 aromatic heterocycles. The summed E-state index contributed by atoms with van der Waals surface area (Å²) in [6.07, 6.45) is 0. The zero-order valence-corrected chi connectivity index (χ0v) is 15.1. The molecule has 0 aliphatic carbocycles. The van der Waals surface area contributed by atoms with Crippen molar-refractivity contribution in [2.75, 3.05) is 13.7 Å². The Balaban J connectivity index is 1.98. The van der Waals surface area contributed by atoms with Gasteiger partial charge in [0, 0.05) is 7.05 Å². The molecule has 0 aliphatic rings. The molecule has 0 spiro atoms. The third-order valence-electron chi connectivity index (χ3n) is 4.28. The van der Waals surface area contributed by atoms with Crippen LogP contribution in [0.25, 0.3) is 0 Å². The van der Waals surface area contributed by atoms with Crippen LogP contribution in [0.5, 0.6) is 5.75 Å². The second-order valence-corrected chi connectivity index (χ2v) is 6.01. The Bertz CT molecular complexity index is 686. The van der Waals surface area contributed by atoms with Crippen molar-refractivity contribution in [2.24, 2.45) is 0 Å². The standard InChI is InChI=1S/C20H25FN2O2/c1-5-25-19-12-8-16(9-13-19)14(2)22-20(24)23(4)15(3)17-6-10-18(21)11-7-17/h6-15H,5H2,1-4H3,(H,22,24). The van der Waals surface area contributed by atoms with Crippen LogP contribution in [0, 0.1) is 5.82 Å². The molecule has 2 atom stereocenters. The number of nitrogens with zero attached hydrogens (tertiary/aromatic N) is 1. The normalized spacial score (nSPS) is 13.0. The molecular weight excluding hydrogens is 319 g/mol. The highest BCUT2D eigenvalue weighted by atomic mass is 19.1. The zero-order valence-electron chi connectivity index (χ0n) is 15.1. The van der Waals surface area contributed by atoms with E-state index >= 15 is 0 Å². The Morgan fingerprint density at radius 3 is 2.20 bits per heavy atom. The Morgan fingerprint density at radius 1 is 1.08 bits per heavy atom. The summed E-state index contributed by atoms with van der Waals surface area (Å²) < 4.78 is 18.5. The van der Waals surface area contributed by atoms with Crippen LogP contribution in [0.3, 0.4) is 0 Å². The highest BCUT2D eigenvalue weighted by Crippen LogP contribution is 2.21. The predicted molar refractivity (Wildman–Crippen MR) is 97.1 cm³/mol. The summed E-state index contributed by atoms with van der Waals surface area (Å²) in [6, 6.07) is 13.4. The van der Waals surface area contributed by atoms with Crippen molar-refractivity contribution in [3.63, 3.8) is 0 Å². The number of hydrogen-bond donors (Lipinski definition) is 1. The van der Waals surface area contributed by atoms with Crippen molar-refractivity contribution in [3.05, 3.63) is 65.5 Å². The lowest BCUT2D eigenvalue weighted by Crippen LogP contribution is -2.39. The highest BCUT2D eigenvalue weighted by molar-refractivity contribution is 5.75. The van der Waals surface area contributed by atoms with Crippen LogP contribution >= 0.6 is 0 Å². The molecule has 5 heteroatoms. The number of halogens is 1. The second kappa shape index (κ2) is 8.51. The molecule has 0 aliphatic heterocycles. The smallest absolute Gasteiger partial charge is 0.318 e. The Morgan fingerprint density at radius 2 is 1.64 bits per heavy atom. The van der Waals surface area contributed by atoms with E-state index in [2.05, 4.69) is 5.32 Å². The number of nitrogens with one attached hydrogen (secondary N) is 1. The van der Waals surface area contributed by atoms with Crippen molar-refractivity contribution >= 4 is 6.03 Å². The molecule has 0 bridgehead atoms. The van der Waals surface area contributed by atoms with Gasteiger partial charge in [0.15, 0.2) is 0 Å². The summed E-state index contributed by atoms with van der Waals surface area (Å²) in [6.45, 7) is 6.41. The number of carbonyl (C=O) groups excluding carboxylic acids is 1. The average Bonchev–Trinajstić information content (AvgIpc) is 2.62. The molecular formula is C20H25FN2O2. The van der Waals surface area contributed by atoms with E-state index in [4.69, 9.17) is 4.74 Å². The van der Waals surface area contributed by atoms with E-state index in [0.717, 1.165) is 16.9 Å². The minimum absolute atomic E-state index is 0.133. The topological polar surface area (TPSA) is 41.6 Å². The van der Waals surface area contributed by atoms with Crippen LogP contribution < -0.4 is 10.1 Å². The third kappa shape index (κ3) is 4.95. The molecule has 0 heterocycles. The van der Waals surface area contributed by atoms with Gasteiger partial charge in [-0.3, -0.25) is 0 Å². The Hall–Kier alpha value is -2.56. The summed E-state index contributed by atoms with van der Waals surface area (Å²) in [5.41, 5.74) is 1.88. The maximum Gasteiger partial charge on any atom is 0.318 e. The minimum Gasteiger partial charge on any atom is -0.494 e. The molecule has 2 aromatic rings. The Labute approximate surface area is 148 Å². The van der Waals surface area contributed by atoms with Crippen molar-refractivity contribution in [1.82, 2.24) is 10.2 Å². The summed E-state index contributed by atoms with van der Waals surface area (Å²) in [5.74, 6) is 0.527. The minimum atomic E-state index is -0.285. The lowest BCUT2D eigenvalue weighted by Gasteiger charge is -2.27. The summed E-state index contributed by atoms with van der Waals surface area (Å²) in [4.78, 5) is 14.1. The molecule has 0 fully saturated rings. The van der Waals surface area contributed by atoms with Gasteiger partial charge in [-0.25, -0.2) is 9.18 Å². The quantitative estimate of drug-likeness (QED) is 0.826. The fourth-order valence-corrected chi connectivity index (χ4v) is 2.53. The number of carbonyl (C=O) groups is 1. The van der Waals surface area contributed by atoms with E-state index in [-0.39, 0.29) is 23.9 Å². The molecule has 1 N–H and O–H groups in total. The van der Waals surface area contributed by atoms with Gasteiger partial charge in [0.1, 0.15) is 11.6 Å². The third-order valence-corrected chi connectivity index (χ3v) is 4.28. The van der Waals surface area contributed by atoms with Gasteiger partial charge in [-0.05, 0) is 56.2 Å². The summed E-state index contributed by atoms with van der Waals surface area (Å²) in [5, 5.41) is 2.98. The van der Waals surface area contributed by atoms with Gasteiger partial charge in [0.05, 0.1) is 18.7 Å². The summed E-state index contributed by atoms with van der Waals surface area (Å²) >= 11 is 0. The number of urea groups is 1. The number of rotatable bonds is 6. The first kappa shape index (κ1) is 18.8. The van der Waals surface area contributed by atoms with E-state index < -0.39 is 0 Å². The predicted octanol–water partition coefficient (Wildman–Crippen LogP) is 4.69. The maximum absolute atomic E-state index is 13.0. The largest absolute Gasteiger partial charge is 0.494 e. The molecule has 2 amide bonds. The van der Waals surface area contributed by atoms with Crippen LogP contribution in [0.15, 0.2) is 48.5 Å². The highest BCUT2D eigenvalue weighted by Gasteiger charge is 2.19. The maximum atomic E-state index is 13.0. The molecule has 4 nitrogen and oxygen atoms in total. The number of amides is 2. The average molecular weight is 344 g/mol. The molecule has 0 radical (unpaired) electrons. The van der Waals surface area contributed by atoms with E-state index in [9.17, 15) is 9.18 Å². The van der Waals surface area contributed by atoms with Crippen LogP contribution in [0.4, 0.5) is 9.18 Å². The molecule has 0 saturated carbocycles. The molecule has 0 saturated heterocycles. The first-order chi connectivity index (χ1) is 11.9. The first-order valence-electron chi connectivity index (χ1n) is 8.44. The van der Waals surface area contributed by atoms with Gasteiger partial charge in [0.2, 0.25) is 0 Å². The SMILES string of the molecule is CCOc1ccc(C(C)NC(=O)N(C)C(C)c2ccc(F)cc2)cc1. The number of ether oxygens (including phenoxy) is 1. The van der Waals surface area contributed by atoms with Crippen molar-refractivity contribution < 1.29 is 13.9 Å². The molecule has 2 aromatic carbocycles. The van der Waals surface area contributed by atoms with Crippen LogP contribution in [0.2, 0.25) is 0 Å². The van der Waals surface area contributed by atoms with E-state index in [1.165, 1.54) is 12.1 Å². The second-order valence-electron chi connectivity index (χ2n) is 6.01. The molecule has 134 valence electrons. The van der Waals surface area contributed by atoms with E-state index in [1.807, 2.05) is 45.0 Å². The van der Waals surface area contributed by atoms with E-state index in [1.54, 1.807) is 24.1 Å². The van der Waals surface area contributed by atoms with Gasteiger partial charge < -0.3 is 15.0 Å². The fourth-order valence-electron chi connectivity index (χ4n) is 2.53. The van der Waals surface area contributed by atoms with Crippen LogP contribution in [-0.2, 0) is 0 Å². The van der Waals surface area contributed by atoms with Gasteiger partial charge >= 0.3 is 6.03 Å². The van der Waals surface area contributed by atoms with Gasteiger partial charge in [-0.15, -0.1) is 0 Å². The number of hydrogen-bond acceptors (Lipinski definition) is 2. The first-order valence-corrected chi connectivity index (χ1v) is 8.44. The monoisotopic (exact) mass is 344 g/mol. The van der Waals surface area contributed by atoms with Crippen molar-refractivity contribution in [3.8, 4) is 5.75 Å². The molecule has 2 rings (SSSR count). The molecule has 25 heavy (non-hydrogen) atoms. The fraction of sp³-hybridized carbons (Fsp3) is 0.350. The van der Waals surface area contributed by atoms with Crippen molar-refractivity contribution in [2.45, 2.75) is 32.9 Å². The van der Waals surface area contributed by atoms with Crippen LogP contribution in [-0.4, -0.2) is 24.6 Å². The Kier molecular flexibility index (Phi) is 6.39. The van der Waals surface area contributed by atoms with Crippen molar-refractivity contribution in [1.29, 1.82) is 0 Å². The lowest BCUT2D eigenvalue weighted by atomic mass is 10.1. The zero-order chi connectivity index (χ0) is 18.4. The molecule has 2 unspecified atom stereocenters. The van der Waals surface area contributed by atoms with Gasteiger partial charge in [-0.2, -0.15) is 0 Å². The summed E-state index contributed by atoms with van der Waals surface area (Å²) in [7, 11) is 1.73. The van der Waals surface area contributed by atoms with Gasteiger partial charge in [-0.1, -0.05) is 24.3 Å². The lowest BCUT2D eigenvalue weighted by molar-refractivity contribution is 0.191. The number of benzene rings is 2. The van der Waals surface area contributed by atoms with E-state index in [0.29, 0.717) is 6.61 Å².